The van der Waals surface area contributed by atoms with Gasteiger partial charge in [0.05, 0.1) is 0 Å². The summed E-state index contributed by atoms with van der Waals surface area (Å²) in [4.78, 5) is 4.68. The van der Waals surface area contributed by atoms with Crippen molar-refractivity contribution >= 4 is 34.7 Å². The van der Waals surface area contributed by atoms with Crippen LogP contribution in [0.25, 0.3) is 0 Å². The summed E-state index contributed by atoms with van der Waals surface area (Å²) in [5, 5.41) is 0. The number of hydrogen-bond donors (Lipinski definition) is 0. The molecule has 26 valence electrons. The van der Waals surface area contributed by atoms with E-state index in [-0.39, 0.29) is 0 Å². The van der Waals surface area contributed by atoms with E-state index in [1.165, 1.54) is 0 Å². The minimum atomic E-state index is 0.375. The fraction of sp³-hybridized carbons (Fsp3) is 0. The zero-order chi connectivity index (χ0) is 3.54. The Balaban J connectivity index is 2.61. The van der Waals surface area contributed by atoms with E-state index in [1.807, 2.05) is 0 Å². The molecule has 0 aliphatic carbocycles. The van der Waals surface area contributed by atoms with Crippen molar-refractivity contribution in [2.24, 2.45) is 0 Å². The molecule has 0 aromatic rings. The molecule has 0 saturated heterocycles. The topological polar surface area (TPSA) is 0 Å². The van der Waals surface area contributed by atoms with E-state index in [1.54, 1.807) is 0 Å². The van der Waals surface area contributed by atoms with E-state index in [0.29, 0.717) is 31.1 Å². The first-order chi connectivity index (χ1) is 2.50. The van der Waals surface area contributed by atoms with Crippen LogP contribution in [0.3, 0.4) is 0 Å². The van der Waals surface area contributed by atoms with Crippen molar-refractivity contribution in [2.75, 3.05) is 0 Å². The summed E-state index contributed by atoms with van der Waals surface area (Å²) in [7, 11) is 0. The second-order valence-electron chi connectivity index (χ2n) is 0.761. The zero-order valence-electron chi connectivity index (χ0n) is 2.68. The molecule has 1 unspecified atom stereocenters. The Bertz CT molecular complexity index is 63.0. The van der Waals surface area contributed by atoms with Gasteiger partial charge in [0.15, 0.2) is 0 Å². The summed E-state index contributed by atoms with van der Waals surface area (Å²) in [5.74, 6) is 0. The summed E-state index contributed by atoms with van der Waals surface area (Å²) in [6, 6.07) is 0. The number of rotatable bonds is 0. The average Bonchev–Trinajstić information content (AvgIpc) is 1.76. The van der Waals surface area contributed by atoms with Gasteiger partial charge in [0.1, 0.15) is 0 Å². The van der Waals surface area contributed by atoms with Crippen LogP contribution in [0.4, 0.5) is 0 Å². The first kappa shape index (κ1) is 3.90. The molecule has 0 saturated carbocycles. The van der Waals surface area contributed by atoms with Gasteiger partial charge in [-0.25, -0.2) is 0 Å². The molecule has 0 nitrogen and oxygen atoms in total. The number of hydrogen-bond acceptors (Lipinski definition) is 0. The Morgan fingerprint density at radius 1 is 1.60 bits per heavy atom. The molecule has 1 aliphatic rings. The van der Waals surface area contributed by atoms with Crippen LogP contribution in [0.15, 0.2) is 9.73 Å². The first-order valence-corrected chi connectivity index (χ1v) is 6.02. The molecule has 1 rings (SSSR count). The van der Waals surface area contributed by atoms with Crippen LogP contribution in [0, 0.1) is 0 Å². The molecule has 5 heavy (non-hydrogen) atoms. The quantitative estimate of drug-likeness (QED) is 0.446. The van der Waals surface area contributed by atoms with Gasteiger partial charge in [0.2, 0.25) is 0 Å². The maximum absolute atomic E-state index is 2.47. The van der Waals surface area contributed by atoms with Crippen molar-refractivity contribution in [3.63, 3.8) is 0 Å². The van der Waals surface area contributed by atoms with Crippen LogP contribution < -0.4 is 0 Å². The fourth-order valence-corrected chi connectivity index (χ4v) is 5.81. The summed E-state index contributed by atoms with van der Waals surface area (Å²) in [6.07, 6.45) is 0. The van der Waals surface area contributed by atoms with Gasteiger partial charge in [-0.15, -0.1) is 0 Å². The van der Waals surface area contributed by atoms with Crippen molar-refractivity contribution in [1.82, 2.24) is 0 Å². The molecule has 0 radical (unpaired) electrons. The summed E-state index contributed by atoms with van der Waals surface area (Å²) in [6.45, 7) is 0. The van der Waals surface area contributed by atoms with Gasteiger partial charge in [0.25, 0.3) is 0 Å². The van der Waals surface area contributed by atoms with Gasteiger partial charge in [-0.1, -0.05) is 0 Å². The molecular formula is C3H4As2. The van der Waals surface area contributed by atoms with E-state index in [2.05, 4.69) is 13.3 Å². The van der Waals surface area contributed by atoms with Crippen molar-refractivity contribution in [3.05, 3.63) is 9.73 Å². The van der Waals surface area contributed by atoms with E-state index in [9.17, 15) is 0 Å². The van der Waals surface area contributed by atoms with Crippen LogP contribution in [0.2, 0.25) is 0 Å². The van der Waals surface area contributed by atoms with E-state index in [0.717, 1.165) is 0 Å². The van der Waals surface area contributed by atoms with Crippen molar-refractivity contribution < 1.29 is 0 Å². The van der Waals surface area contributed by atoms with Crippen molar-refractivity contribution in [1.29, 1.82) is 0 Å². The molecule has 0 aromatic heterocycles. The van der Waals surface area contributed by atoms with Gasteiger partial charge in [0, 0.05) is 0 Å². The summed E-state index contributed by atoms with van der Waals surface area (Å²) in [5.41, 5.74) is 0. The molecule has 0 amide bonds. The molecule has 1 aliphatic heterocycles. The molecule has 0 aromatic carbocycles. The van der Waals surface area contributed by atoms with Gasteiger partial charge in [-0.05, 0) is 0 Å². The van der Waals surface area contributed by atoms with E-state index < -0.39 is 0 Å². The average molecular weight is 190 g/mol. The summed E-state index contributed by atoms with van der Waals surface area (Å²) < 4.78 is 2.47. The predicted octanol–water partition coefficient (Wildman–Crippen LogP) is -0.628. The third-order valence-corrected chi connectivity index (χ3v) is 6.98. The molecule has 0 N–H and O–H groups in total. The molecule has 1 atom stereocenters. The Morgan fingerprint density at radius 3 is 2.80 bits per heavy atom. The van der Waals surface area contributed by atoms with Gasteiger partial charge >= 0.3 is 44.4 Å². The monoisotopic (exact) mass is 190 g/mol. The normalized spacial score (nSPS) is 25.6. The van der Waals surface area contributed by atoms with Crippen molar-refractivity contribution in [3.8, 4) is 0 Å². The van der Waals surface area contributed by atoms with Crippen LogP contribution in [-0.2, 0) is 0 Å². The molecule has 1 heterocycles. The molecule has 0 spiro atoms. The minimum absolute atomic E-state index is 0.375. The standard InChI is InChI=1S/C3H4As2/c1-2-5-3-4-1/h1-4H. The van der Waals surface area contributed by atoms with Crippen molar-refractivity contribution in [2.45, 2.75) is 0 Å². The van der Waals surface area contributed by atoms with Gasteiger partial charge < -0.3 is 0 Å². The van der Waals surface area contributed by atoms with Crippen LogP contribution in [0.1, 0.15) is 0 Å². The first-order valence-electron chi connectivity index (χ1n) is 1.43. The molecular weight excluding hydrogens is 186 g/mol. The Hall–Kier alpha value is 0.727. The SMILES string of the molecule is C1=C[AsH]C=[As]1. The molecule has 2 heteroatoms. The Morgan fingerprint density at radius 2 is 2.60 bits per heavy atom. The Kier molecular flexibility index (Phi) is 1.56. The second-order valence-corrected chi connectivity index (χ2v) is 6.77. The maximum atomic E-state index is 2.47. The Labute approximate surface area is 44.6 Å². The third kappa shape index (κ3) is 1.07. The van der Waals surface area contributed by atoms with Gasteiger partial charge in [-0.3, -0.25) is 0 Å². The van der Waals surface area contributed by atoms with Gasteiger partial charge in [-0.2, -0.15) is 0 Å². The van der Waals surface area contributed by atoms with Crippen LogP contribution >= 0.6 is 0 Å². The predicted molar refractivity (Wildman–Crippen MR) is 28.1 cm³/mol. The second kappa shape index (κ2) is 2.00. The molecule has 0 fully saturated rings. The third-order valence-electron chi connectivity index (χ3n) is 0.406. The van der Waals surface area contributed by atoms with E-state index >= 15 is 0 Å². The zero-order valence-corrected chi connectivity index (χ0v) is 6.65. The van der Waals surface area contributed by atoms with Crippen LogP contribution in [-0.4, -0.2) is 34.7 Å². The molecule has 0 bridgehead atoms. The van der Waals surface area contributed by atoms with E-state index in [4.69, 9.17) is 0 Å². The van der Waals surface area contributed by atoms with Crippen LogP contribution in [0.5, 0.6) is 0 Å². The summed E-state index contributed by atoms with van der Waals surface area (Å²) >= 11 is 0.979. The fourth-order valence-electron chi connectivity index (χ4n) is 0.215.